The minimum Gasteiger partial charge on any atom is -0.454 e. The zero-order valence-electron chi connectivity index (χ0n) is 15.3. The van der Waals surface area contributed by atoms with Gasteiger partial charge >= 0.3 is 0 Å². The summed E-state index contributed by atoms with van der Waals surface area (Å²) in [5, 5.41) is 4.19. The summed E-state index contributed by atoms with van der Waals surface area (Å²) in [6.07, 6.45) is 0.631. The Hall–Kier alpha value is -3.55. The molecule has 28 heavy (non-hydrogen) atoms. The van der Waals surface area contributed by atoms with E-state index in [-0.39, 0.29) is 24.4 Å². The first-order chi connectivity index (χ1) is 13.6. The van der Waals surface area contributed by atoms with Crippen LogP contribution in [-0.2, 0) is 16.0 Å². The largest absolute Gasteiger partial charge is 0.454 e. The van der Waals surface area contributed by atoms with Crippen molar-refractivity contribution in [2.45, 2.75) is 19.4 Å². The van der Waals surface area contributed by atoms with Crippen LogP contribution in [0.4, 0.5) is 5.69 Å². The highest BCUT2D eigenvalue weighted by Gasteiger charge is 2.30. The molecule has 0 saturated heterocycles. The van der Waals surface area contributed by atoms with Crippen LogP contribution >= 0.6 is 0 Å². The Morgan fingerprint density at radius 1 is 1.21 bits per heavy atom. The van der Waals surface area contributed by atoms with Gasteiger partial charge in [0.1, 0.15) is 6.04 Å². The predicted octanol–water partition coefficient (Wildman–Crippen LogP) is 1.41. The summed E-state index contributed by atoms with van der Waals surface area (Å²) in [4.78, 5) is 29.1. The number of benzene rings is 2. The van der Waals surface area contributed by atoms with E-state index in [4.69, 9.17) is 9.47 Å². The number of amidine groups is 1. The molecule has 2 heterocycles. The molecule has 144 valence electrons. The highest BCUT2D eigenvalue weighted by atomic mass is 16.7. The molecule has 2 aliphatic heterocycles. The quantitative estimate of drug-likeness (QED) is 0.818. The van der Waals surface area contributed by atoms with E-state index in [9.17, 15) is 9.59 Å². The van der Waals surface area contributed by atoms with E-state index in [0.29, 0.717) is 24.4 Å². The molecule has 2 N–H and O–H groups in total. The zero-order valence-corrected chi connectivity index (χ0v) is 15.3. The Bertz CT molecular complexity index is 929. The second-order valence-electron chi connectivity index (χ2n) is 6.47. The number of anilines is 1. The molecule has 8 heteroatoms. The summed E-state index contributed by atoms with van der Waals surface area (Å²) >= 11 is 0. The van der Waals surface area contributed by atoms with Crippen LogP contribution in [-0.4, -0.2) is 37.0 Å². The fraction of sp³-hybridized carbons (Fsp3) is 0.250. The third-order valence-corrected chi connectivity index (χ3v) is 4.48. The molecule has 0 aromatic heterocycles. The van der Waals surface area contributed by atoms with E-state index < -0.39 is 6.04 Å². The van der Waals surface area contributed by atoms with Gasteiger partial charge < -0.3 is 14.8 Å². The van der Waals surface area contributed by atoms with Gasteiger partial charge in [-0.2, -0.15) is 0 Å². The maximum atomic E-state index is 12.5. The van der Waals surface area contributed by atoms with Gasteiger partial charge in [0.2, 0.25) is 12.6 Å². The van der Waals surface area contributed by atoms with Crippen LogP contribution in [0.3, 0.4) is 0 Å². The van der Waals surface area contributed by atoms with Crippen molar-refractivity contribution < 1.29 is 19.1 Å². The van der Waals surface area contributed by atoms with Crippen LogP contribution in [0.25, 0.3) is 0 Å². The second-order valence-corrected chi connectivity index (χ2v) is 6.47. The molecule has 0 aliphatic carbocycles. The zero-order chi connectivity index (χ0) is 19.5. The highest BCUT2D eigenvalue weighted by Crippen LogP contribution is 2.32. The van der Waals surface area contributed by atoms with Gasteiger partial charge in [-0.3, -0.25) is 15.0 Å². The highest BCUT2D eigenvalue weighted by molar-refractivity contribution is 6.39. The van der Waals surface area contributed by atoms with E-state index in [1.54, 1.807) is 19.1 Å². The number of nitrogens with zero attached hydrogens (tertiary/aromatic N) is 2. The van der Waals surface area contributed by atoms with Crippen LogP contribution in [0.2, 0.25) is 0 Å². The first-order valence-electron chi connectivity index (χ1n) is 9.02. The van der Waals surface area contributed by atoms with Gasteiger partial charge in [-0.1, -0.05) is 24.3 Å². The van der Waals surface area contributed by atoms with E-state index in [1.807, 2.05) is 36.4 Å². The smallest absolute Gasteiger partial charge is 0.288 e. The van der Waals surface area contributed by atoms with Gasteiger partial charge in [-0.15, -0.1) is 0 Å². The van der Waals surface area contributed by atoms with Gasteiger partial charge in [0.05, 0.1) is 5.69 Å². The third-order valence-electron chi connectivity index (χ3n) is 4.48. The molecular formula is C20H20N4O4. The number of aliphatic imine (C=N–C) groups is 1. The lowest BCUT2D eigenvalue weighted by molar-refractivity contribution is -0.120. The van der Waals surface area contributed by atoms with E-state index >= 15 is 0 Å². The fourth-order valence-corrected chi connectivity index (χ4v) is 3.00. The first-order valence-corrected chi connectivity index (χ1v) is 9.02. The van der Waals surface area contributed by atoms with Gasteiger partial charge in [-0.25, -0.2) is 10.0 Å². The van der Waals surface area contributed by atoms with Crippen LogP contribution < -0.4 is 25.2 Å². The number of carbonyl (C=O) groups is 2. The number of hydrogen-bond acceptors (Lipinski definition) is 6. The number of rotatable bonds is 5. The molecule has 2 amide bonds. The molecule has 2 aromatic rings. The van der Waals surface area contributed by atoms with Crippen molar-refractivity contribution >= 4 is 23.3 Å². The maximum Gasteiger partial charge on any atom is 0.288 e. The molecule has 0 spiro atoms. The minimum absolute atomic E-state index is 0.113. The van der Waals surface area contributed by atoms with Gasteiger partial charge in [-0.05, 0) is 43.2 Å². The monoisotopic (exact) mass is 380 g/mol. The maximum absolute atomic E-state index is 12.5. The average Bonchev–Trinajstić information content (AvgIpc) is 3.18. The van der Waals surface area contributed by atoms with Crippen molar-refractivity contribution in [2.24, 2.45) is 4.99 Å². The predicted molar refractivity (Wildman–Crippen MR) is 103 cm³/mol. The van der Waals surface area contributed by atoms with Crippen molar-refractivity contribution in [1.82, 2.24) is 10.7 Å². The molecule has 0 saturated carbocycles. The summed E-state index contributed by atoms with van der Waals surface area (Å²) < 4.78 is 10.7. The Labute approximate surface area is 162 Å². The van der Waals surface area contributed by atoms with Crippen LogP contribution in [0, 0.1) is 0 Å². The number of amides is 2. The molecule has 4 rings (SSSR count). The number of hydrogen-bond donors (Lipinski definition) is 2. The molecule has 2 aliphatic rings. The minimum atomic E-state index is -0.643. The number of carbonyl (C=O) groups excluding carboxylic acids is 2. The molecule has 1 atom stereocenters. The summed E-state index contributed by atoms with van der Waals surface area (Å²) in [7, 11) is 0. The molecule has 8 nitrogen and oxygen atoms in total. The van der Waals surface area contributed by atoms with Crippen molar-refractivity contribution in [3.8, 4) is 11.5 Å². The number of ether oxygens (including phenoxy) is 2. The molecule has 0 bridgehead atoms. The normalized spacial score (nSPS) is 17.8. The summed E-state index contributed by atoms with van der Waals surface area (Å²) in [5.74, 6) is 0.979. The lowest BCUT2D eigenvalue weighted by Crippen LogP contribution is -2.58. The number of fused-ring (bicyclic) bond motifs is 1. The Morgan fingerprint density at radius 3 is 2.82 bits per heavy atom. The van der Waals surface area contributed by atoms with Gasteiger partial charge in [0.15, 0.2) is 11.5 Å². The topological polar surface area (TPSA) is 92.3 Å². The average molecular weight is 380 g/mol. The van der Waals surface area contributed by atoms with Crippen LogP contribution in [0.15, 0.2) is 53.5 Å². The van der Waals surface area contributed by atoms with Crippen LogP contribution in [0.1, 0.15) is 12.5 Å². The molecule has 0 fully saturated rings. The Morgan fingerprint density at radius 2 is 2.00 bits per heavy atom. The molecule has 1 unspecified atom stereocenters. The number of hydrazine groups is 1. The van der Waals surface area contributed by atoms with Crippen molar-refractivity contribution in [1.29, 1.82) is 0 Å². The van der Waals surface area contributed by atoms with Crippen molar-refractivity contribution in [3.63, 3.8) is 0 Å². The molecular weight excluding hydrogens is 360 g/mol. The van der Waals surface area contributed by atoms with E-state index in [2.05, 4.69) is 15.7 Å². The number of nitrogens with one attached hydrogen (secondary N) is 2. The second kappa shape index (κ2) is 7.59. The third kappa shape index (κ3) is 3.62. The SMILES string of the molecule is CC1N=C(C(=O)NCCc2ccc3c(c2)OCO3)NN(c2ccccc2)C1=O. The van der Waals surface area contributed by atoms with E-state index in [0.717, 1.165) is 11.3 Å². The standard InChI is InChI=1S/C20H20N4O4/c1-13-20(26)24(15-5-3-2-4-6-15)23-18(22-13)19(25)21-10-9-14-7-8-16-17(11-14)28-12-27-16/h2-8,11,13H,9-10,12H2,1H3,(H,21,25)(H,22,23). The van der Waals surface area contributed by atoms with Gasteiger partial charge in [0.25, 0.3) is 11.8 Å². The number of para-hydroxylation sites is 1. The first kappa shape index (κ1) is 17.8. The van der Waals surface area contributed by atoms with Crippen molar-refractivity contribution in [3.05, 3.63) is 54.1 Å². The summed E-state index contributed by atoms with van der Waals surface area (Å²) in [6, 6.07) is 14.2. The fourth-order valence-electron chi connectivity index (χ4n) is 3.00. The molecule has 2 aromatic carbocycles. The van der Waals surface area contributed by atoms with E-state index in [1.165, 1.54) is 5.01 Å². The summed E-state index contributed by atoms with van der Waals surface area (Å²) in [5.41, 5.74) is 4.50. The van der Waals surface area contributed by atoms with Gasteiger partial charge in [0, 0.05) is 6.54 Å². The van der Waals surface area contributed by atoms with Crippen LogP contribution in [0.5, 0.6) is 11.5 Å². The lowest BCUT2D eigenvalue weighted by Gasteiger charge is -2.30. The Balaban J connectivity index is 1.37. The Kier molecular flexibility index (Phi) is 4.84. The summed E-state index contributed by atoms with van der Waals surface area (Å²) in [6.45, 7) is 2.32. The van der Waals surface area contributed by atoms with Crippen molar-refractivity contribution in [2.75, 3.05) is 18.3 Å². The molecule has 0 radical (unpaired) electrons. The lowest BCUT2D eigenvalue weighted by atomic mass is 10.1.